The van der Waals surface area contributed by atoms with Crippen LogP contribution in [0, 0.1) is 0 Å². The predicted molar refractivity (Wildman–Crippen MR) is 86.2 cm³/mol. The highest BCUT2D eigenvalue weighted by Gasteiger charge is 2.14. The van der Waals surface area contributed by atoms with Gasteiger partial charge in [-0.3, -0.25) is 0 Å². The molecule has 0 unspecified atom stereocenters. The van der Waals surface area contributed by atoms with Crippen LogP contribution in [0.15, 0.2) is 18.2 Å². The predicted octanol–water partition coefficient (Wildman–Crippen LogP) is 3.96. The molecule has 20 heavy (non-hydrogen) atoms. The molecule has 5 heteroatoms. The van der Waals surface area contributed by atoms with Crippen molar-refractivity contribution in [1.29, 1.82) is 0 Å². The molecule has 0 amide bonds. The molecule has 3 nitrogen and oxygen atoms in total. The first kappa shape index (κ1) is 17.6. The van der Waals surface area contributed by atoms with Crippen molar-refractivity contribution in [2.45, 2.75) is 19.7 Å². The SMILES string of the molecule is CCOCCN(CCOCC)c1c(Cl)cccc1CCl. The second-order valence-electron chi connectivity index (χ2n) is 4.26. The van der Waals surface area contributed by atoms with Crippen molar-refractivity contribution >= 4 is 28.9 Å². The van der Waals surface area contributed by atoms with Gasteiger partial charge in [-0.05, 0) is 25.5 Å². The van der Waals surface area contributed by atoms with Gasteiger partial charge in [0.15, 0.2) is 0 Å². The van der Waals surface area contributed by atoms with Crippen LogP contribution in [0.1, 0.15) is 19.4 Å². The Labute approximate surface area is 131 Å². The Bertz CT molecular complexity index is 378. The summed E-state index contributed by atoms with van der Waals surface area (Å²) in [5.74, 6) is 0.440. The normalized spacial score (nSPS) is 10.8. The summed E-state index contributed by atoms with van der Waals surface area (Å²) in [6.45, 7) is 8.27. The lowest BCUT2D eigenvalue weighted by molar-refractivity contribution is 0.141. The number of ether oxygens (including phenoxy) is 2. The van der Waals surface area contributed by atoms with Gasteiger partial charge in [-0.15, -0.1) is 11.6 Å². The fourth-order valence-corrected chi connectivity index (χ4v) is 2.52. The minimum Gasteiger partial charge on any atom is -0.380 e. The van der Waals surface area contributed by atoms with Crippen molar-refractivity contribution in [3.8, 4) is 0 Å². The Morgan fingerprint density at radius 3 is 2.15 bits per heavy atom. The molecule has 0 fully saturated rings. The quantitative estimate of drug-likeness (QED) is 0.481. The van der Waals surface area contributed by atoms with Gasteiger partial charge in [0.05, 0.1) is 23.9 Å². The number of hydrogen-bond donors (Lipinski definition) is 0. The summed E-state index contributed by atoms with van der Waals surface area (Å²) in [5, 5.41) is 0.719. The Morgan fingerprint density at radius 1 is 1.05 bits per heavy atom. The summed E-state index contributed by atoms with van der Waals surface area (Å²) < 4.78 is 10.9. The van der Waals surface area contributed by atoms with Gasteiger partial charge < -0.3 is 14.4 Å². The zero-order chi connectivity index (χ0) is 14.8. The molecule has 0 heterocycles. The molecule has 0 radical (unpaired) electrons. The molecule has 0 aromatic heterocycles. The first-order valence-corrected chi connectivity index (χ1v) is 7.89. The van der Waals surface area contributed by atoms with Gasteiger partial charge in [0.2, 0.25) is 0 Å². The summed E-state index contributed by atoms with van der Waals surface area (Å²) >= 11 is 12.4. The number of hydrogen-bond acceptors (Lipinski definition) is 3. The Kier molecular flexibility index (Phi) is 9.03. The summed E-state index contributed by atoms with van der Waals surface area (Å²) in [6.07, 6.45) is 0. The standard InChI is InChI=1S/C15H23Cl2NO2/c1-3-19-10-8-18(9-11-20-4-2)15-13(12-16)6-5-7-14(15)17/h5-7H,3-4,8-12H2,1-2H3. The van der Waals surface area contributed by atoms with E-state index in [0.29, 0.717) is 32.3 Å². The van der Waals surface area contributed by atoms with E-state index in [2.05, 4.69) is 4.90 Å². The molecular formula is C15H23Cl2NO2. The second-order valence-corrected chi connectivity index (χ2v) is 4.94. The van der Waals surface area contributed by atoms with Crippen molar-refractivity contribution in [2.24, 2.45) is 0 Å². The van der Waals surface area contributed by atoms with E-state index in [9.17, 15) is 0 Å². The lowest BCUT2D eigenvalue weighted by atomic mass is 10.1. The molecular weight excluding hydrogens is 297 g/mol. The van der Waals surface area contributed by atoms with E-state index in [4.69, 9.17) is 32.7 Å². The largest absolute Gasteiger partial charge is 0.380 e. The molecule has 0 saturated heterocycles. The molecule has 0 aliphatic heterocycles. The molecule has 0 aliphatic rings. The molecule has 114 valence electrons. The van der Waals surface area contributed by atoms with Gasteiger partial charge >= 0.3 is 0 Å². The number of alkyl halides is 1. The van der Waals surface area contributed by atoms with Crippen molar-refractivity contribution < 1.29 is 9.47 Å². The first-order valence-electron chi connectivity index (χ1n) is 6.98. The van der Waals surface area contributed by atoms with Crippen LogP contribution in [0.25, 0.3) is 0 Å². The van der Waals surface area contributed by atoms with E-state index >= 15 is 0 Å². The zero-order valence-corrected chi connectivity index (χ0v) is 13.7. The van der Waals surface area contributed by atoms with Gasteiger partial charge in [0.1, 0.15) is 0 Å². The fourth-order valence-electron chi connectivity index (χ4n) is 2.00. The average Bonchev–Trinajstić information content (AvgIpc) is 2.46. The van der Waals surface area contributed by atoms with Gasteiger partial charge in [-0.2, -0.15) is 0 Å². The highest BCUT2D eigenvalue weighted by molar-refractivity contribution is 6.33. The Morgan fingerprint density at radius 2 is 1.65 bits per heavy atom. The van der Waals surface area contributed by atoms with Crippen molar-refractivity contribution in [3.63, 3.8) is 0 Å². The Balaban J connectivity index is 2.84. The summed E-state index contributed by atoms with van der Waals surface area (Å²) in [6, 6.07) is 5.82. The van der Waals surface area contributed by atoms with Gasteiger partial charge in [-0.25, -0.2) is 0 Å². The minimum atomic E-state index is 0.440. The van der Waals surface area contributed by atoms with Crippen LogP contribution in [-0.2, 0) is 15.4 Å². The van der Waals surface area contributed by atoms with Crippen molar-refractivity contribution in [1.82, 2.24) is 0 Å². The van der Waals surface area contributed by atoms with Crippen molar-refractivity contribution in [2.75, 3.05) is 44.4 Å². The van der Waals surface area contributed by atoms with Crippen LogP contribution >= 0.6 is 23.2 Å². The second kappa shape index (κ2) is 10.3. The average molecular weight is 320 g/mol. The maximum atomic E-state index is 6.35. The summed E-state index contributed by atoms with van der Waals surface area (Å²) in [5.41, 5.74) is 2.02. The fraction of sp³-hybridized carbons (Fsp3) is 0.600. The molecule has 1 aromatic carbocycles. The van der Waals surface area contributed by atoms with E-state index in [-0.39, 0.29) is 0 Å². The van der Waals surface area contributed by atoms with E-state index in [1.165, 1.54) is 0 Å². The molecule has 0 aliphatic carbocycles. The highest BCUT2D eigenvalue weighted by Crippen LogP contribution is 2.30. The monoisotopic (exact) mass is 319 g/mol. The molecule has 0 saturated carbocycles. The van der Waals surface area contributed by atoms with E-state index < -0.39 is 0 Å². The topological polar surface area (TPSA) is 21.7 Å². The third-order valence-corrected chi connectivity index (χ3v) is 3.54. The van der Waals surface area contributed by atoms with Crippen molar-refractivity contribution in [3.05, 3.63) is 28.8 Å². The summed E-state index contributed by atoms with van der Waals surface area (Å²) in [4.78, 5) is 2.19. The molecule has 1 aromatic rings. The molecule has 0 spiro atoms. The number of nitrogens with zero attached hydrogens (tertiary/aromatic N) is 1. The van der Waals surface area contributed by atoms with Crippen LogP contribution in [-0.4, -0.2) is 39.5 Å². The minimum absolute atomic E-state index is 0.440. The van der Waals surface area contributed by atoms with Gasteiger partial charge in [0, 0.05) is 32.2 Å². The van der Waals surface area contributed by atoms with Gasteiger partial charge in [0.25, 0.3) is 0 Å². The third-order valence-electron chi connectivity index (χ3n) is 2.95. The third kappa shape index (κ3) is 5.49. The lowest BCUT2D eigenvalue weighted by Crippen LogP contribution is -2.32. The molecule has 0 N–H and O–H groups in total. The van der Waals surface area contributed by atoms with E-state index in [1.807, 2.05) is 32.0 Å². The highest BCUT2D eigenvalue weighted by atomic mass is 35.5. The first-order chi connectivity index (χ1) is 9.74. The van der Waals surface area contributed by atoms with Crippen LogP contribution in [0.2, 0.25) is 5.02 Å². The van der Waals surface area contributed by atoms with Gasteiger partial charge in [-0.1, -0.05) is 23.7 Å². The lowest BCUT2D eigenvalue weighted by Gasteiger charge is -2.27. The molecule has 1 rings (SSSR count). The maximum Gasteiger partial charge on any atom is 0.0642 e. The number of benzene rings is 1. The summed E-state index contributed by atoms with van der Waals surface area (Å²) in [7, 11) is 0. The van der Waals surface area contributed by atoms with E-state index in [1.54, 1.807) is 0 Å². The molecule has 0 atom stereocenters. The van der Waals surface area contributed by atoms with Crippen LogP contribution in [0.3, 0.4) is 0 Å². The number of anilines is 1. The number of rotatable bonds is 10. The smallest absolute Gasteiger partial charge is 0.0642 e. The maximum absolute atomic E-state index is 6.35. The number of halogens is 2. The molecule has 0 bridgehead atoms. The Hall–Kier alpha value is -0.480. The zero-order valence-electron chi connectivity index (χ0n) is 12.2. The van der Waals surface area contributed by atoms with E-state index in [0.717, 1.165) is 29.4 Å². The number of para-hydroxylation sites is 1. The van der Waals surface area contributed by atoms with Crippen LogP contribution in [0.5, 0.6) is 0 Å². The van der Waals surface area contributed by atoms with Crippen LogP contribution in [0.4, 0.5) is 5.69 Å². The van der Waals surface area contributed by atoms with Crippen LogP contribution < -0.4 is 4.90 Å².